The lowest BCUT2D eigenvalue weighted by molar-refractivity contribution is 0.0985. The summed E-state index contributed by atoms with van der Waals surface area (Å²) in [5, 5.41) is 5.71. The van der Waals surface area contributed by atoms with Crippen LogP contribution < -0.4 is 4.90 Å². The lowest BCUT2D eigenvalue weighted by Crippen LogP contribution is -2.36. The third-order valence-electron chi connectivity index (χ3n) is 7.69. The van der Waals surface area contributed by atoms with E-state index in [1.165, 1.54) is 33.3 Å². The second-order valence-electron chi connectivity index (χ2n) is 10.5. The van der Waals surface area contributed by atoms with E-state index in [1.807, 2.05) is 67.9 Å². The van der Waals surface area contributed by atoms with Gasteiger partial charge in [0.2, 0.25) is 10.0 Å². The van der Waals surface area contributed by atoms with E-state index in [0.29, 0.717) is 48.3 Å². The Bertz CT molecular complexity index is 1910. The van der Waals surface area contributed by atoms with Crippen molar-refractivity contribution in [3.63, 3.8) is 0 Å². The van der Waals surface area contributed by atoms with Gasteiger partial charge in [-0.15, -0.1) is 0 Å². The van der Waals surface area contributed by atoms with Gasteiger partial charge in [-0.1, -0.05) is 47.2 Å². The largest absolute Gasteiger partial charge is 0.282 e. The molecule has 0 N–H and O–H groups in total. The zero-order valence-corrected chi connectivity index (χ0v) is 25.9. The summed E-state index contributed by atoms with van der Waals surface area (Å²) in [7, 11) is -3.72. The normalized spacial score (nSPS) is 13.8. The first-order valence-corrected chi connectivity index (χ1v) is 16.3. The molecule has 0 spiro atoms. The van der Waals surface area contributed by atoms with Crippen molar-refractivity contribution in [2.24, 2.45) is 0 Å². The number of hydrogen-bond donors (Lipinski definition) is 0. The molecule has 5 aromatic rings. The van der Waals surface area contributed by atoms with Crippen LogP contribution in [0.2, 0.25) is 5.02 Å². The molecule has 0 saturated heterocycles. The average Bonchev–Trinajstić information content (AvgIpc) is 3.57. The molecular formula is C31H30ClN5O3S2. The fourth-order valence-electron chi connectivity index (χ4n) is 5.33. The van der Waals surface area contributed by atoms with Gasteiger partial charge >= 0.3 is 0 Å². The lowest BCUT2D eigenvalue weighted by atomic mass is 10.0. The lowest BCUT2D eigenvalue weighted by Gasteiger charge is -2.28. The van der Waals surface area contributed by atoms with Gasteiger partial charge < -0.3 is 0 Å². The molecule has 0 bridgehead atoms. The summed E-state index contributed by atoms with van der Waals surface area (Å²) in [6.45, 7) is 7.39. The summed E-state index contributed by atoms with van der Waals surface area (Å²) in [5.41, 5.74) is 6.10. The molecule has 3 aromatic carbocycles. The number of amides is 1. The van der Waals surface area contributed by atoms with Crippen LogP contribution in [-0.2, 0) is 29.5 Å². The molecule has 0 saturated carbocycles. The molecule has 8 nitrogen and oxygen atoms in total. The third kappa shape index (κ3) is 5.35. The fourth-order valence-corrected chi connectivity index (χ4v) is 7.95. The summed E-state index contributed by atoms with van der Waals surface area (Å²) in [6.07, 6.45) is 0.670. The molecular weight excluding hydrogens is 590 g/mol. The predicted octanol–water partition coefficient (Wildman–Crippen LogP) is 6.17. The van der Waals surface area contributed by atoms with Crippen LogP contribution in [0.15, 0.2) is 71.6 Å². The van der Waals surface area contributed by atoms with Crippen LogP contribution >= 0.6 is 22.9 Å². The summed E-state index contributed by atoms with van der Waals surface area (Å²) in [6, 6.07) is 19.9. The summed E-state index contributed by atoms with van der Waals surface area (Å²) >= 11 is 7.77. The number of thiazole rings is 1. The van der Waals surface area contributed by atoms with Gasteiger partial charge in [0.1, 0.15) is 0 Å². The zero-order valence-electron chi connectivity index (χ0n) is 23.5. The molecule has 0 unspecified atom stereocenters. The van der Waals surface area contributed by atoms with Crippen molar-refractivity contribution >= 4 is 54.2 Å². The second-order valence-corrected chi connectivity index (χ2v) is 13.9. The molecule has 216 valence electrons. The smallest absolute Gasteiger partial charge is 0.260 e. The number of carbonyl (C=O) groups is 1. The Hall–Kier alpha value is -3.57. The molecule has 0 radical (unpaired) electrons. The number of aromatic nitrogens is 3. The van der Waals surface area contributed by atoms with Crippen LogP contribution in [0.4, 0.5) is 5.13 Å². The standard InChI is InChI=1S/C31H30ClN5O3S2/c1-20-18-21(2)37(34-20)17-16-36(31-33-29-22(3)27(32)12-13-28(29)41-31)30(38)24-8-10-26(11-9-24)42(39,40)35-15-14-23-6-4-5-7-25(23)19-35/h4-13,18H,14-17,19H2,1-3H3. The van der Waals surface area contributed by atoms with Gasteiger partial charge in [0.25, 0.3) is 5.91 Å². The molecule has 0 atom stereocenters. The highest BCUT2D eigenvalue weighted by molar-refractivity contribution is 7.89. The van der Waals surface area contributed by atoms with Crippen molar-refractivity contribution in [2.75, 3.05) is 18.0 Å². The summed E-state index contributed by atoms with van der Waals surface area (Å²) in [5.74, 6) is -0.268. The monoisotopic (exact) mass is 619 g/mol. The first kappa shape index (κ1) is 28.5. The highest BCUT2D eigenvalue weighted by Gasteiger charge is 2.29. The maximum absolute atomic E-state index is 14.0. The Balaban J connectivity index is 1.29. The number of nitrogens with zero attached hydrogens (tertiary/aromatic N) is 5. The van der Waals surface area contributed by atoms with Crippen molar-refractivity contribution < 1.29 is 13.2 Å². The van der Waals surface area contributed by atoms with Crippen LogP contribution in [0.3, 0.4) is 0 Å². The van der Waals surface area contributed by atoms with E-state index in [2.05, 4.69) is 5.10 Å². The number of anilines is 1. The first-order valence-electron chi connectivity index (χ1n) is 13.7. The number of rotatable bonds is 7. The maximum Gasteiger partial charge on any atom is 0.260 e. The van der Waals surface area contributed by atoms with Crippen LogP contribution in [-0.4, -0.2) is 46.5 Å². The van der Waals surface area contributed by atoms with Crippen LogP contribution in [0, 0.1) is 20.8 Å². The number of fused-ring (bicyclic) bond motifs is 2. The van der Waals surface area contributed by atoms with Crippen LogP contribution in [0.25, 0.3) is 10.2 Å². The van der Waals surface area contributed by atoms with E-state index in [-0.39, 0.29) is 10.8 Å². The predicted molar refractivity (Wildman–Crippen MR) is 167 cm³/mol. The fraction of sp³-hybridized carbons (Fsp3) is 0.258. The molecule has 2 aromatic heterocycles. The van der Waals surface area contributed by atoms with Crippen molar-refractivity contribution in [2.45, 2.75) is 45.2 Å². The van der Waals surface area contributed by atoms with Crippen molar-refractivity contribution in [1.82, 2.24) is 19.1 Å². The number of hydrogen-bond acceptors (Lipinski definition) is 6. The molecule has 0 fully saturated rings. The maximum atomic E-state index is 14.0. The molecule has 42 heavy (non-hydrogen) atoms. The highest BCUT2D eigenvalue weighted by atomic mass is 35.5. The minimum atomic E-state index is -3.72. The highest BCUT2D eigenvalue weighted by Crippen LogP contribution is 2.34. The van der Waals surface area contributed by atoms with Gasteiger partial charge in [0, 0.05) is 35.9 Å². The van der Waals surface area contributed by atoms with Crippen LogP contribution in [0.1, 0.15) is 38.4 Å². The number of benzene rings is 3. The molecule has 1 aliphatic rings. The topological polar surface area (TPSA) is 88.4 Å². The number of sulfonamides is 1. The molecule has 11 heteroatoms. The summed E-state index contributed by atoms with van der Waals surface area (Å²) < 4.78 is 31.3. The van der Waals surface area contributed by atoms with Crippen molar-refractivity contribution in [3.05, 3.63) is 105 Å². The molecule has 1 amide bonds. The minimum absolute atomic E-state index is 0.165. The van der Waals surface area contributed by atoms with E-state index in [0.717, 1.165) is 32.7 Å². The Morgan fingerprint density at radius 3 is 2.48 bits per heavy atom. The number of carbonyl (C=O) groups excluding carboxylic acids is 1. The second kappa shape index (κ2) is 11.3. The molecule has 6 rings (SSSR count). The molecule has 3 heterocycles. The first-order chi connectivity index (χ1) is 20.1. The van der Waals surface area contributed by atoms with Crippen LogP contribution in [0.5, 0.6) is 0 Å². The van der Waals surface area contributed by atoms with E-state index >= 15 is 0 Å². The Kier molecular flexibility index (Phi) is 7.65. The van der Waals surface area contributed by atoms with Crippen molar-refractivity contribution in [1.29, 1.82) is 0 Å². The van der Waals surface area contributed by atoms with Gasteiger partial charge in [-0.3, -0.25) is 14.4 Å². The Morgan fingerprint density at radius 1 is 1.02 bits per heavy atom. The van der Waals surface area contributed by atoms with Crippen molar-refractivity contribution in [3.8, 4) is 0 Å². The molecule has 0 aliphatic carbocycles. The van der Waals surface area contributed by atoms with E-state index in [4.69, 9.17) is 16.6 Å². The van der Waals surface area contributed by atoms with E-state index in [9.17, 15) is 13.2 Å². The Labute approximate surface area is 254 Å². The minimum Gasteiger partial charge on any atom is -0.282 e. The van der Waals surface area contributed by atoms with Gasteiger partial charge in [0.05, 0.1) is 27.4 Å². The van der Waals surface area contributed by atoms with E-state index < -0.39 is 10.0 Å². The average molecular weight is 620 g/mol. The number of halogens is 1. The van der Waals surface area contributed by atoms with Gasteiger partial charge in [0.15, 0.2) is 5.13 Å². The third-order valence-corrected chi connectivity index (χ3v) is 11.0. The number of aryl methyl sites for hydroxylation is 3. The van der Waals surface area contributed by atoms with Gasteiger partial charge in [-0.05, 0) is 86.3 Å². The summed E-state index contributed by atoms with van der Waals surface area (Å²) in [4.78, 5) is 20.6. The SMILES string of the molecule is Cc1cc(C)n(CCN(C(=O)c2ccc(S(=O)(=O)N3CCc4ccccc4C3)cc2)c2nc3c(C)c(Cl)ccc3s2)n1. The Morgan fingerprint density at radius 2 is 1.76 bits per heavy atom. The van der Waals surface area contributed by atoms with Gasteiger partial charge in [-0.2, -0.15) is 9.40 Å². The quantitative estimate of drug-likeness (QED) is 0.218. The zero-order chi connectivity index (χ0) is 29.6. The van der Waals surface area contributed by atoms with Gasteiger partial charge in [-0.25, -0.2) is 13.4 Å². The molecule has 1 aliphatic heterocycles. The van der Waals surface area contributed by atoms with E-state index in [1.54, 1.807) is 17.0 Å².